The first-order valence-corrected chi connectivity index (χ1v) is 5.84. The topological polar surface area (TPSA) is 55.2 Å². The second kappa shape index (κ2) is 5.60. The summed E-state index contributed by atoms with van der Waals surface area (Å²) in [6.07, 6.45) is 2.80. The number of hydrogen-bond acceptors (Lipinski definition) is 4. The summed E-state index contributed by atoms with van der Waals surface area (Å²) < 4.78 is 5.68. The predicted molar refractivity (Wildman–Crippen MR) is 68.2 cm³/mol. The van der Waals surface area contributed by atoms with Crippen LogP contribution in [0.2, 0.25) is 0 Å². The summed E-state index contributed by atoms with van der Waals surface area (Å²) in [5.41, 5.74) is 1.86. The van der Waals surface area contributed by atoms with Crippen LogP contribution in [-0.2, 0) is 6.61 Å². The van der Waals surface area contributed by atoms with Gasteiger partial charge in [-0.05, 0) is 31.5 Å². The normalized spacial score (nSPS) is 12.2. The summed E-state index contributed by atoms with van der Waals surface area (Å²) in [7, 11) is 0. The molecule has 0 amide bonds. The Kier molecular flexibility index (Phi) is 3.89. The summed E-state index contributed by atoms with van der Waals surface area (Å²) in [6, 6.07) is 7.50. The standard InChI is InChI=1S/C14H16N2O2/c1-10-4-5-12(11(2)17)13(8-10)18-9-14-15-6-3-7-16-14/h3-8,11,17H,9H2,1-2H3. The number of aliphatic hydroxyl groups is 1. The Morgan fingerprint density at radius 2 is 2.00 bits per heavy atom. The van der Waals surface area contributed by atoms with Gasteiger partial charge in [0.25, 0.3) is 0 Å². The van der Waals surface area contributed by atoms with E-state index < -0.39 is 6.10 Å². The first kappa shape index (κ1) is 12.5. The maximum absolute atomic E-state index is 9.68. The van der Waals surface area contributed by atoms with Crippen molar-refractivity contribution >= 4 is 0 Å². The Labute approximate surface area is 106 Å². The summed E-state index contributed by atoms with van der Waals surface area (Å²) in [4.78, 5) is 8.18. The first-order valence-electron chi connectivity index (χ1n) is 5.84. The van der Waals surface area contributed by atoms with E-state index in [4.69, 9.17) is 4.74 Å². The van der Waals surface area contributed by atoms with Gasteiger partial charge in [0.15, 0.2) is 5.82 Å². The molecule has 18 heavy (non-hydrogen) atoms. The second-order valence-corrected chi connectivity index (χ2v) is 4.17. The number of hydrogen-bond donors (Lipinski definition) is 1. The third-order valence-electron chi connectivity index (χ3n) is 2.60. The number of ether oxygens (including phenoxy) is 1. The number of aliphatic hydroxyl groups excluding tert-OH is 1. The third-order valence-corrected chi connectivity index (χ3v) is 2.60. The lowest BCUT2D eigenvalue weighted by molar-refractivity contribution is 0.189. The van der Waals surface area contributed by atoms with Crippen LogP contribution < -0.4 is 4.74 Å². The van der Waals surface area contributed by atoms with Crippen molar-refractivity contribution in [2.24, 2.45) is 0 Å². The van der Waals surface area contributed by atoms with E-state index in [1.807, 2.05) is 25.1 Å². The lowest BCUT2D eigenvalue weighted by atomic mass is 10.1. The summed E-state index contributed by atoms with van der Waals surface area (Å²) in [5, 5.41) is 9.68. The van der Waals surface area contributed by atoms with E-state index in [-0.39, 0.29) is 0 Å². The SMILES string of the molecule is Cc1ccc(C(C)O)c(OCc2ncccn2)c1. The molecule has 4 nitrogen and oxygen atoms in total. The largest absolute Gasteiger partial charge is 0.485 e. The maximum Gasteiger partial charge on any atom is 0.166 e. The van der Waals surface area contributed by atoms with Crippen molar-refractivity contribution < 1.29 is 9.84 Å². The molecule has 94 valence electrons. The lowest BCUT2D eigenvalue weighted by Crippen LogP contribution is -2.04. The Balaban J connectivity index is 2.15. The fourth-order valence-electron chi connectivity index (χ4n) is 1.66. The van der Waals surface area contributed by atoms with Gasteiger partial charge in [0.05, 0.1) is 6.10 Å². The van der Waals surface area contributed by atoms with Crippen molar-refractivity contribution in [1.29, 1.82) is 0 Å². The molecule has 4 heteroatoms. The number of nitrogens with zero attached hydrogens (tertiary/aromatic N) is 2. The quantitative estimate of drug-likeness (QED) is 0.897. The van der Waals surface area contributed by atoms with Crippen molar-refractivity contribution in [2.45, 2.75) is 26.6 Å². The van der Waals surface area contributed by atoms with E-state index >= 15 is 0 Å². The molecule has 1 atom stereocenters. The molecule has 0 saturated carbocycles. The molecule has 1 N–H and O–H groups in total. The Morgan fingerprint density at radius 1 is 1.28 bits per heavy atom. The van der Waals surface area contributed by atoms with Crippen LogP contribution in [-0.4, -0.2) is 15.1 Å². The van der Waals surface area contributed by atoms with Crippen LogP contribution in [0.1, 0.15) is 30.0 Å². The van der Waals surface area contributed by atoms with Gasteiger partial charge >= 0.3 is 0 Å². The molecular weight excluding hydrogens is 228 g/mol. The Bertz CT molecular complexity index is 512. The van der Waals surface area contributed by atoms with E-state index in [1.165, 1.54) is 0 Å². The highest BCUT2D eigenvalue weighted by Gasteiger charge is 2.09. The van der Waals surface area contributed by atoms with Gasteiger partial charge in [-0.3, -0.25) is 0 Å². The Hall–Kier alpha value is -1.94. The van der Waals surface area contributed by atoms with Crippen LogP contribution in [0, 0.1) is 6.92 Å². The molecule has 1 aromatic carbocycles. The fraction of sp³-hybridized carbons (Fsp3) is 0.286. The maximum atomic E-state index is 9.68. The van der Waals surface area contributed by atoms with Gasteiger partial charge < -0.3 is 9.84 Å². The number of rotatable bonds is 4. The van der Waals surface area contributed by atoms with Crippen LogP contribution in [0.5, 0.6) is 5.75 Å². The highest BCUT2D eigenvalue weighted by atomic mass is 16.5. The van der Waals surface area contributed by atoms with Crippen molar-refractivity contribution in [2.75, 3.05) is 0 Å². The van der Waals surface area contributed by atoms with Crippen molar-refractivity contribution in [3.05, 3.63) is 53.6 Å². The molecule has 1 aromatic heterocycles. The smallest absolute Gasteiger partial charge is 0.166 e. The minimum atomic E-state index is -0.558. The van der Waals surface area contributed by atoms with Gasteiger partial charge in [-0.15, -0.1) is 0 Å². The van der Waals surface area contributed by atoms with Gasteiger partial charge in [0, 0.05) is 18.0 Å². The number of benzene rings is 1. The van der Waals surface area contributed by atoms with E-state index in [9.17, 15) is 5.11 Å². The zero-order chi connectivity index (χ0) is 13.0. The first-order chi connectivity index (χ1) is 8.66. The van der Waals surface area contributed by atoms with E-state index in [1.54, 1.807) is 25.4 Å². The summed E-state index contributed by atoms with van der Waals surface area (Å²) >= 11 is 0. The monoisotopic (exact) mass is 244 g/mol. The van der Waals surface area contributed by atoms with Crippen LogP contribution in [0.3, 0.4) is 0 Å². The molecule has 0 aliphatic carbocycles. The van der Waals surface area contributed by atoms with Crippen LogP contribution >= 0.6 is 0 Å². The van der Waals surface area contributed by atoms with Gasteiger partial charge in [-0.2, -0.15) is 0 Å². The molecule has 0 fully saturated rings. The molecule has 0 aliphatic rings. The molecule has 2 aromatic rings. The van der Waals surface area contributed by atoms with Gasteiger partial charge in [-0.1, -0.05) is 12.1 Å². The number of aryl methyl sites for hydroxylation is 1. The van der Waals surface area contributed by atoms with Crippen molar-refractivity contribution in [1.82, 2.24) is 9.97 Å². The minimum Gasteiger partial charge on any atom is -0.485 e. The Morgan fingerprint density at radius 3 is 2.67 bits per heavy atom. The van der Waals surface area contributed by atoms with Crippen molar-refractivity contribution in [3.8, 4) is 5.75 Å². The second-order valence-electron chi connectivity index (χ2n) is 4.17. The van der Waals surface area contributed by atoms with Gasteiger partial charge in [0.2, 0.25) is 0 Å². The lowest BCUT2D eigenvalue weighted by Gasteiger charge is -2.13. The van der Waals surface area contributed by atoms with Crippen LogP contribution in [0.25, 0.3) is 0 Å². The molecule has 1 heterocycles. The molecule has 0 radical (unpaired) electrons. The molecular formula is C14H16N2O2. The predicted octanol–water partition coefficient (Wildman–Crippen LogP) is 2.42. The molecule has 0 bridgehead atoms. The zero-order valence-electron chi connectivity index (χ0n) is 10.5. The minimum absolute atomic E-state index is 0.296. The average Bonchev–Trinajstić information content (AvgIpc) is 2.37. The molecule has 0 spiro atoms. The number of aromatic nitrogens is 2. The highest BCUT2D eigenvalue weighted by Crippen LogP contribution is 2.26. The average molecular weight is 244 g/mol. The zero-order valence-corrected chi connectivity index (χ0v) is 10.5. The highest BCUT2D eigenvalue weighted by molar-refractivity contribution is 5.38. The van der Waals surface area contributed by atoms with Gasteiger partial charge in [0.1, 0.15) is 12.4 Å². The van der Waals surface area contributed by atoms with Crippen molar-refractivity contribution in [3.63, 3.8) is 0 Å². The van der Waals surface area contributed by atoms with E-state index in [2.05, 4.69) is 9.97 Å². The summed E-state index contributed by atoms with van der Waals surface area (Å²) in [6.45, 7) is 4.00. The third kappa shape index (κ3) is 3.05. The van der Waals surface area contributed by atoms with Gasteiger partial charge in [-0.25, -0.2) is 9.97 Å². The molecule has 0 saturated heterocycles. The van der Waals surface area contributed by atoms with E-state index in [0.29, 0.717) is 18.2 Å². The molecule has 0 aliphatic heterocycles. The van der Waals surface area contributed by atoms with Crippen LogP contribution in [0.4, 0.5) is 0 Å². The van der Waals surface area contributed by atoms with Crippen LogP contribution in [0.15, 0.2) is 36.7 Å². The molecule has 2 rings (SSSR count). The fourth-order valence-corrected chi connectivity index (χ4v) is 1.66. The van der Waals surface area contributed by atoms with E-state index in [0.717, 1.165) is 11.1 Å². The molecule has 1 unspecified atom stereocenters. The summed E-state index contributed by atoms with van der Waals surface area (Å²) in [5.74, 6) is 1.30.